The average molecular weight is 521 g/mol. The second-order valence-corrected chi connectivity index (χ2v) is 10.9. The maximum atomic E-state index is 13.3. The second kappa shape index (κ2) is 10.4. The Hall–Kier alpha value is -2.82. The summed E-state index contributed by atoms with van der Waals surface area (Å²) in [6, 6.07) is 11.2. The Morgan fingerprint density at radius 2 is 1.83 bits per heavy atom. The summed E-state index contributed by atoms with van der Waals surface area (Å²) in [6.07, 6.45) is 0.530. The third-order valence-electron chi connectivity index (χ3n) is 6.22. The number of hydrogen-bond acceptors (Lipinski definition) is 6. The maximum absolute atomic E-state index is 13.3. The van der Waals surface area contributed by atoms with E-state index in [-0.39, 0.29) is 11.5 Å². The van der Waals surface area contributed by atoms with Crippen LogP contribution in [0, 0.1) is 0 Å². The highest BCUT2D eigenvalue weighted by Crippen LogP contribution is 2.32. The van der Waals surface area contributed by atoms with Gasteiger partial charge in [0.2, 0.25) is 10.0 Å². The minimum Gasteiger partial charge on any atom is -0.464 e. The molecule has 2 aromatic carbocycles. The molecule has 1 unspecified atom stereocenters. The molecule has 2 aliphatic heterocycles. The van der Waals surface area contributed by atoms with E-state index in [0.717, 1.165) is 11.3 Å². The van der Waals surface area contributed by atoms with Crippen LogP contribution in [0.1, 0.15) is 19.4 Å². The van der Waals surface area contributed by atoms with Crippen LogP contribution in [-0.2, 0) is 26.0 Å². The first-order valence-corrected chi connectivity index (χ1v) is 13.4. The number of amides is 2. The average Bonchev–Trinajstić information content (AvgIpc) is 3.28. The molecule has 11 heteroatoms. The van der Waals surface area contributed by atoms with Gasteiger partial charge in [0.15, 0.2) is 0 Å². The number of piperazine rings is 1. The van der Waals surface area contributed by atoms with Crippen molar-refractivity contribution >= 4 is 45.0 Å². The van der Waals surface area contributed by atoms with Gasteiger partial charge in [0.25, 0.3) is 0 Å². The fourth-order valence-corrected chi connectivity index (χ4v) is 6.01. The van der Waals surface area contributed by atoms with Crippen molar-refractivity contribution in [2.75, 3.05) is 49.1 Å². The third-order valence-corrected chi connectivity index (χ3v) is 8.35. The Bertz CT molecular complexity index is 1210. The molecule has 188 valence electrons. The van der Waals surface area contributed by atoms with Crippen LogP contribution in [-0.4, -0.2) is 70.1 Å². The predicted molar refractivity (Wildman–Crippen MR) is 135 cm³/mol. The summed E-state index contributed by atoms with van der Waals surface area (Å²) in [7, 11) is -3.67. The van der Waals surface area contributed by atoms with Crippen LogP contribution in [0.25, 0.3) is 0 Å². The van der Waals surface area contributed by atoms with Crippen LogP contribution in [0.2, 0.25) is 5.02 Å². The minimum atomic E-state index is -3.67. The fraction of sp³-hybridized carbons (Fsp3) is 0.417. The predicted octanol–water partition coefficient (Wildman–Crippen LogP) is 2.87. The molecular formula is C24H29ClN4O5S. The zero-order valence-electron chi connectivity index (χ0n) is 19.7. The van der Waals surface area contributed by atoms with Gasteiger partial charge in [-0.3, -0.25) is 4.90 Å². The summed E-state index contributed by atoms with van der Waals surface area (Å²) in [4.78, 5) is 28.4. The number of carbonyl (C=O) groups excluding carboxylic acids is 2. The Labute approximate surface area is 210 Å². The zero-order chi connectivity index (χ0) is 25.2. The smallest absolute Gasteiger partial charge is 0.328 e. The number of fused-ring (bicyclic) bond motifs is 1. The molecule has 2 amide bonds. The number of hydrogen-bond donors (Lipinski definition) is 1. The minimum absolute atomic E-state index is 0.217. The highest BCUT2D eigenvalue weighted by Gasteiger charge is 2.32. The standard InChI is InChI=1S/C24H29ClN4O5S/c1-3-34-23(30)17(2)26-24(31)29-10-9-18-15-21(7-8-22(18)29)35(32,33)28-13-11-27(12-14-28)20-6-4-5-19(25)16-20/h4-8,15-17H,3,9-14H2,1-2H3,(H,26,31). The van der Waals surface area contributed by atoms with Crippen LogP contribution in [0.5, 0.6) is 0 Å². The molecule has 35 heavy (non-hydrogen) atoms. The van der Waals surface area contributed by atoms with Gasteiger partial charge in [-0.1, -0.05) is 17.7 Å². The number of nitrogens with zero attached hydrogens (tertiary/aromatic N) is 3. The van der Waals surface area contributed by atoms with E-state index in [1.54, 1.807) is 26.0 Å². The SMILES string of the molecule is CCOC(=O)C(C)NC(=O)N1CCc2cc(S(=O)(=O)N3CCN(c4cccc(Cl)c4)CC3)ccc21. The molecule has 0 spiro atoms. The fourth-order valence-electron chi connectivity index (χ4n) is 4.35. The van der Waals surface area contributed by atoms with Crippen molar-refractivity contribution in [3.05, 3.63) is 53.1 Å². The van der Waals surface area contributed by atoms with Crippen LogP contribution >= 0.6 is 11.6 Å². The molecule has 2 aliphatic rings. The van der Waals surface area contributed by atoms with Gasteiger partial charge in [-0.25, -0.2) is 18.0 Å². The van der Waals surface area contributed by atoms with Crippen molar-refractivity contribution < 1.29 is 22.7 Å². The largest absolute Gasteiger partial charge is 0.464 e. The molecule has 0 radical (unpaired) electrons. The van der Waals surface area contributed by atoms with Gasteiger partial charge in [-0.2, -0.15) is 4.31 Å². The number of sulfonamides is 1. The molecule has 2 heterocycles. The van der Waals surface area contributed by atoms with Crippen molar-refractivity contribution in [2.45, 2.75) is 31.2 Å². The van der Waals surface area contributed by atoms with E-state index in [1.807, 2.05) is 24.3 Å². The molecule has 4 rings (SSSR count). The molecule has 0 bridgehead atoms. The van der Waals surface area contributed by atoms with Crippen molar-refractivity contribution in [2.24, 2.45) is 0 Å². The van der Waals surface area contributed by atoms with Gasteiger partial charge < -0.3 is 15.0 Å². The van der Waals surface area contributed by atoms with Crippen molar-refractivity contribution in [1.29, 1.82) is 0 Å². The number of esters is 1. The number of nitrogens with one attached hydrogen (secondary N) is 1. The normalized spacial score (nSPS) is 17.1. The van der Waals surface area contributed by atoms with E-state index < -0.39 is 28.1 Å². The number of rotatable bonds is 6. The highest BCUT2D eigenvalue weighted by molar-refractivity contribution is 7.89. The van der Waals surface area contributed by atoms with E-state index in [9.17, 15) is 18.0 Å². The van der Waals surface area contributed by atoms with Gasteiger partial charge in [0.05, 0.1) is 11.5 Å². The monoisotopic (exact) mass is 520 g/mol. The number of urea groups is 1. The topological polar surface area (TPSA) is 99.3 Å². The van der Waals surface area contributed by atoms with Crippen LogP contribution in [0.4, 0.5) is 16.2 Å². The van der Waals surface area contributed by atoms with Gasteiger partial charge in [-0.15, -0.1) is 0 Å². The highest BCUT2D eigenvalue weighted by atomic mass is 35.5. The van der Waals surface area contributed by atoms with Gasteiger partial charge in [-0.05, 0) is 62.2 Å². The number of carbonyl (C=O) groups is 2. The molecule has 2 aromatic rings. The van der Waals surface area contributed by atoms with E-state index in [4.69, 9.17) is 16.3 Å². The first-order valence-electron chi connectivity index (χ1n) is 11.6. The molecule has 1 saturated heterocycles. The van der Waals surface area contributed by atoms with Crippen LogP contribution in [0.15, 0.2) is 47.4 Å². The molecule has 1 fully saturated rings. The van der Waals surface area contributed by atoms with Crippen LogP contribution in [0.3, 0.4) is 0 Å². The lowest BCUT2D eigenvalue weighted by molar-refractivity contribution is -0.144. The Balaban J connectivity index is 1.42. The number of ether oxygens (including phenoxy) is 1. The molecule has 0 aromatic heterocycles. The Kier molecular flexibility index (Phi) is 7.53. The number of halogens is 1. The van der Waals surface area contributed by atoms with E-state index >= 15 is 0 Å². The van der Waals surface area contributed by atoms with Crippen molar-refractivity contribution in [3.63, 3.8) is 0 Å². The molecule has 1 N–H and O–H groups in total. The Morgan fingerprint density at radius 3 is 2.51 bits per heavy atom. The summed E-state index contributed by atoms with van der Waals surface area (Å²) in [5, 5.41) is 3.28. The van der Waals surface area contributed by atoms with Crippen LogP contribution < -0.4 is 15.1 Å². The van der Waals surface area contributed by atoms with Crippen molar-refractivity contribution in [1.82, 2.24) is 9.62 Å². The van der Waals surface area contributed by atoms with E-state index in [2.05, 4.69) is 10.2 Å². The summed E-state index contributed by atoms with van der Waals surface area (Å²) in [5.41, 5.74) is 2.40. The number of anilines is 2. The Morgan fingerprint density at radius 1 is 1.09 bits per heavy atom. The molecule has 9 nitrogen and oxygen atoms in total. The summed E-state index contributed by atoms with van der Waals surface area (Å²) >= 11 is 6.09. The molecular weight excluding hydrogens is 492 g/mol. The zero-order valence-corrected chi connectivity index (χ0v) is 21.3. The summed E-state index contributed by atoms with van der Waals surface area (Å²) in [5.74, 6) is -0.503. The molecule has 0 aliphatic carbocycles. The lowest BCUT2D eigenvalue weighted by atomic mass is 10.2. The van der Waals surface area contributed by atoms with Gasteiger partial charge in [0, 0.05) is 49.1 Å². The van der Waals surface area contributed by atoms with Crippen molar-refractivity contribution in [3.8, 4) is 0 Å². The third kappa shape index (κ3) is 5.39. The number of benzene rings is 2. The first kappa shape index (κ1) is 25.3. The maximum Gasteiger partial charge on any atom is 0.328 e. The van der Waals surface area contributed by atoms with Gasteiger partial charge in [0.1, 0.15) is 6.04 Å². The molecule has 1 atom stereocenters. The summed E-state index contributed by atoms with van der Waals surface area (Å²) in [6.45, 7) is 5.77. The summed E-state index contributed by atoms with van der Waals surface area (Å²) < 4.78 is 33.1. The van der Waals surface area contributed by atoms with E-state index in [1.165, 1.54) is 15.3 Å². The molecule has 0 saturated carbocycles. The van der Waals surface area contributed by atoms with E-state index in [0.29, 0.717) is 49.9 Å². The lowest BCUT2D eigenvalue weighted by Gasteiger charge is -2.35. The lowest BCUT2D eigenvalue weighted by Crippen LogP contribution is -2.48. The quantitative estimate of drug-likeness (QED) is 0.588. The first-order chi connectivity index (χ1) is 16.7. The second-order valence-electron chi connectivity index (χ2n) is 8.49. The van der Waals surface area contributed by atoms with Gasteiger partial charge >= 0.3 is 12.0 Å².